The third-order valence-corrected chi connectivity index (χ3v) is 4.47. The van der Waals surface area contributed by atoms with E-state index in [4.69, 9.17) is 0 Å². The summed E-state index contributed by atoms with van der Waals surface area (Å²) in [6.45, 7) is 0.723. The van der Waals surface area contributed by atoms with Crippen LogP contribution in [0.15, 0.2) is 73.1 Å². The number of nitrogens with one attached hydrogen (secondary N) is 2. The van der Waals surface area contributed by atoms with Crippen molar-refractivity contribution in [2.75, 3.05) is 0 Å². The molecule has 6 heteroatoms. The maximum absolute atomic E-state index is 12.6. The Morgan fingerprint density at radius 1 is 1.07 bits per heavy atom. The summed E-state index contributed by atoms with van der Waals surface area (Å²) in [4.78, 5) is 20.6. The molecule has 6 nitrogen and oxygen atoms in total. The maximum Gasteiger partial charge on any atom is 0.220 e. The van der Waals surface area contributed by atoms with E-state index >= 15 is 0 Å². The number of rotatable bonds is 7. The zero-order valence-electron chi connectivity index (χ0n) is 14.9. The van der Waals surface area contributed by atoms with E-state index in [1.165, 1.54) is 0 Å². The molecule has 2 heterocycles. The van der Waals surface area contributed by atoms with Gasteiger partial charge in [-0.1, -0.05) is 42.5 Å². The summed E-state index contributed by atoms with van der Waals surface area (Å²) in [5, 5.41) is 7.29. The van der Waals surface area contributed by atoms with Crippen molar-refractivity contribution in [3.63, 3.8) is 0 Å². The topological polar surface area (TPSA) is 75.6 Å². The molecule has 0 saturated heterocycles. The van der Waals surface area contributed by atoms with Gasteiger partial charge in [0.25, 0.3) is 0 Å². The number of carbonyl (C=O) groups is 1. The van der Waals surface area contributed by atoms with Crippen LogP contribution < -0.4 is 5.32 Å². The van der Waals surface area contributed by atoms with Crippen LogP contribution in [0.4, 0.5) is 0 Å². The van der Waals surface area contributed by atoms with Crippen LogP contribution in [0.1, 0.15) is 30.3 Å². The average Bonchev–Trinajstić information content (AvgIpc) is 3.36. The van der Waals surface area contributed by atoms with Crippen LogP contribution >= 0.6 is 0 Å². The summed E-state index contributed by atoms with van der Waals surface area (Å²) in [6, 6.07) is 19.3. The standard InChI is InChI=1S/C21H21N5O/c27-19(12-6-14-26-15-7-13-22-26)25-20(16-8-2-1-3-9-16)21-23-17-10-4-5-11-18(17)24-21/h1-5,7-11,13,15,20H,6,12,14H2,(H,23,24)(H,25,27)/t20-/m0/s1. The number of benzene rings is 2. The van der Waals surface area contributed by atoms with Crippen molar-refractivity contribution in [1.29, 1.82) is 0 Å². The van der Waals surface area contributed by atoms with E-state index in [1.54, 1.807) is 6.20 Å². The first kappa shape index (κ1) is 17.0. The van der Waals surface area contributed by atoms with E-state index in [1.807, 2.05) is 71.5 Å². The Bertz CT molecular complexity index is 974. The summed E-state index contributed by atoms with van der Waals surface area (Å²) in [5.41, 5.74) is 2.85. The molecule has 0 aliphatic heterocycles. The zero-order valence-corrected chi connectivity index (χ0v) is 14.9. The second-order valence-electron chi connectivity index (χ2n) is 6.42. The molecule has 1 atom stereocenters. The predicted molar refractivity (Wildman–Crippen MR) is 104 cm³/mol. The number of aromatic amines is 1. The van der Waals surface area contributed by atoms with Crippen LogP contribution in [0.3, 0.4) is 0 Å². The van der Waals surface area contributed by atoms with Gasteiger partial charge in [-0.3, -0.25) is 9.48 Å². The lowest BCUT2D eigenvalue weighted by Crippen LogP contribution is -2.30. The van der Waals surface area contributed by atoms with Crippen molar-refractivity contribution < 1.29 is 4.79 Å². The van der Waals surface area contributed by atoms with Gasteiger partial charge in [0.1, 0.15) is 11.9 Å². The van der Waals surface area contributed by atoms with E-state index in [2.05, 4.69) is 20.4 Å². The molecule has 4 aromatic rings. The first-order valence-electron chi connectivity index (χ1n) is 9.06. The summed E-state index contributed by atoms with van der Waals surface area (Å²) in [7, 11) is 0. The van der Waals surface area contributed by atoms with Gasteiger partial charge in [-0.2, -0.15) is 5.10 Å². The van der Waals surface area contributed by atoms with Gasteiger partial charge in [-0.25, -0.2) is 4.98 Å². The number of amides is 1. The first-order valence-corrected chi connectivity index (χ1v) is 9.06. The van der Waals surface area contributed by atoms with Crippen LogP contribution in [0.25, 0.3) is 11.0 Å². The molecule has 0 radical (unpaired) electrons. The molecule has 0 aliphatic rings. The fourth-order valence-corrected chi connectivity index (χ4v) is 3.13. The van der Waals surface area contributed by atoms with Crippen molar-refractivity contribution in [3.8, 4) is 0 Å². The Hall–Kier alpha value is -3.41. The molecule has 0 aliphatic carbocycles. The Balaban J connectivity index is 1.50. The molecule has 0 fully saturated rings. The minimum atomic E-state index is -0.309. The predicted octanol–water partition coefficient (Wildman–Crippen LogP) is 3.45. The molecule has 1 amide bonds. The summed E-state index contributed by atoms with van der Waals surface area (Å²) in [6.07, 6.45) is 4.81. The summed E-state index contributed by atoms with van der Waals surface area (Å²) >= 11 is 0. The Morgan fingerprint density at radius 2 is 1.89 bits per heavy atom. The monoisotopic (exact) mass is 359 g/mol. The SMILES string of the molecule is O=C(CCCn1cccn1)N[C@@H](c1ccccc1)c1nc2ccccc2[nH]1. The highest BCUT2D eigenvalue weighted by Crippen LogP contribution is 2.22. The van der Waals surface area contributed by atoms with Crippen LogP contribution in [-0.2, 0) is 11.3 Å². The Kier molecular flexibility index (Phi) is 4.96. The quantitative estimate of drug-likeness (QED) is 0.531. The number of aromatic nitrogens is 4. The van der Waals surface area contributed by atoms with Crippen LogP contribution in [0, 0.1) is 0 Å². The van der Waals surface area contributed by atoms with Gasteiger partial charge in [0.05, 0.1) is 11.0 Å². The molecule has 4 rings (SSSR count). The second-order valence-corrected chi connectivity index (χ2v) is 6.42. The van der Waals surface area contributed by atoms with Gasteiger partial charge in [0, 0.05) is 25.4 Å². The number of carbonyl (C=O) groups excluding carboxylic acids is 1. The summed E-state index contributed by atoms with van der Waals surface area (Å²) < 4.78 is 1.83. The van der Waals surface area contributed by atoms with Gasteiger partial charge in [-0.05, 0) is 30.2 Å². The molecule has 0 saturated carbocycles. The molecular weight excluding hydrogens is 338 g/mol. The first-order chi connectivity index (χ1) is 13.3. The van der Waals surface area contributed by atoms with Gasteiger partial charge in [0.15, 0.2) is 0 Å². The minimum Gasteiger partial charge on any atom is -0.342 e. The van der Waals surface area contributed by atoms with Gasteiger partial charge < -0.3 is 10.3 Å². The highest BCUT2D eigenvalue weighted by atomic mass is 16.1. The third kappa shape index (κ3) is 4.06. The molecular formula is C21H21N5O. The second kappa shape index (κ2) is 7.86. The number of fused-ring (bicyclic) bond motifs is 1. The lowest BCUT2D eigenvalue weighted by molar-refractivity contribution is -0.121. The lowest BCUT2D eigenvalue weighted by atomic mass is 10.1. The number of H-pyrrole nitrogens is 1. The van der Waals surface area contributed by atoms with Crippen molar-refractivity contribution in [3.05, 3.63) is 84.4 Å². The van der Waals surface area contributed by atoms with E-state index in [-0.39, 0.29) is 11.9 Å². The average molecular weight is 359 g/mol. The molecule has 0 spiro atoms. The number of imidazole rings is 1. The van der Waals surface area contributed by atoms with E-state index in [0.29, 0.717) is 6.42 Å². The molecule has 2 aromatic heterocycles. The fraction of sp³-hybridized carbons (Fsp3) is 0.190. The lowest BCUT2D eigenvalue weighted by Gasteiger charge is -2.17. The highest BCUT2D eigenvalue weighted by molar-refractivity contribution is 5.78. The highest BCUT2D eigenvalue weighted by Gasteiger charge is 2.20. The van der Waals surface area contributed by atoms with Crippen molar-refractivity contribution in [2.24, 2.45) is 0 Å². The van der Waals surface area contributed by atoms with Crippen molar-refractivity contribution in [1.82, 2.24) is 25.1 Å². The molecule has 0 unspecified atom stereocenters. The van der Waals surface area contributed by atoms with Crippen molar-refractivity contribution in [2.45, 2.75) is 25.4 Å². The molecule has 2 N–H and O–H groups in total. The van der Waals surface area contributed by atoms with E-state index in [0.717, 1.165) is 35.4 Å². The number of aryl methyl sites for hydroxylation is 1. The molecule has 136 valence electrons. The normalized spacial score (nSPS) is 12.1. The van der Waals surface area contributed by atoms with E-state index < -0.39 is 0 Å². The van der Waals surface area contributed by atoms with Gasteiger partial charge in [0.2, 0.25) is 5.91 Å². The number of nitrogens with zero attached hydrogens (tertiary/aromatic N) is 3. The minimum absolute atomic E-state index is 0.00327. The van der Waals surface area contributed by atoms with Gasteiger partial charge in [-0.15, -0.1) is 0 Å². The summed E-state index contributed by atoms with van der Waals surface area (Å²) in [5.74, 6) is 0.735. The van der Waals surface area contributed by atoms with E-state index in [9.17, 15) is 4.79 Å². The third-order valence-electron chi connectivity index (χ3n) is 4.47. The van der Waals surface area contributed by atoms with Crippen LogP contribution in [0.2, 0.25) is 0 Å². The Morgan fingerprint density at radius 3 is 2.67 bits per heavy atom. The number of hydrogen-bond acceptors (Lipinski definition) is 3. The maximum atomic E-state index is 12.6. The molecule has 2 aromatic carbocycles. The van der Waals surface area contributed by atoms with Crippen molar-refractivity contribution >= 4 is 16.9 Å². The molecule has 0 bridgehead atoms. The number of hydrogen-bond donors (Lipinski definition) is 2. The fourth-order valence-electron chi connectivity index (χ4n) is 3.13. The largest absolute Gasteiger partial charge is 0.342 e. The molecule has 27 heavy (non-hydrogen) atoms. The van der Waals surface area contributed by atoms with Crippen LogP contribution in [0.5, 0.6) is 0 Å². The zero-order chi connectivity index (χ0) is 18.5. The smallest absolute Gasteiger partial charge is 0.220 e. The van der Waals surface area contributed by atoms with Gasteiger partial charge >= 0.3 is 0 Å². The van der Waals surface area contributed by atoms with Crippen LogP contribution in [-0.4, -0.2) is 25.7 Å². The number of para-hydroxylation sites is 2. The Labute approximate surface area is 157 Å².